The van der Waals surface area contributed by atoms with Crippen LogP contribution in [0, 0.1) is 6.92 Å². The molecule has 146 valence electrons. The van der Waals surface area contributed by atoms with E-state index in [-0.39, 0.29) is 31.2 Å². The summed E-state index contributed by atoms with van der Waals surface area (Å²) in [7, 11) is 0. The van der Waals surface area contributed by atoms with Crippen LogP contribution in [-0.4, -0.2) is 42.1 Å². The maximum Gasteiger partial charge on any atom is 0.344 e. The third-order valence-corrected chi connectivity index (χ3v) is 4.04. The lowest BCUT2D eigenvalue weighted by atomic mass is 10.1. The smallest absolute Gasteiger partial charge is 0.344 e. The van der Waals surface area contributed by atoms with Gasteiger partial charge in [-0.15, -0.1) is 0 Å². The fourth-order valence-electron chi connectivity index (χ4n) is 2.97. The Hall–Kier alpha value is -2.83. The first-order valence-electron chi connectivity index (χ1n) is 8.83. The van der Waals surface area contributed by atoms with Crippen molar-refractivity contribution in [2.45, 2.75) is 46.7 Å². The molecule has 1 aromatic heterocycles. The van der Waals surface area contributed by atoms with Gasteiger partial charge in [-0.2, -0.15) is 0 Å². The van der Waals surface area contributed by atoms with E-state index in [1.807, 2.05) is 34.6 Å². The second-order valence-electron chi connectivity index (χ2n) is 6.84. The first kappa shape index (κ1) is 20.5. The first-order valence-corrected chi connectivity index (χ1v) is 8.83. The average molecular weight is 375 g/mol. The van der Waals surface area contributed by atoms with Crippen molar-refractivity contribution in [2.24, 2.45) is 0 Å². The molecule has 0 fully saturated rings. The van der Waals surface area contributed by atoms with E-state index in [1.54, 1.807) is 23.1 Å². The Morgan fingerprint density at radius 2 is 1.74 bits per heavy atom. The fraction of sp³-hybridized carbons (Fsp3) is 0.450. The Morgan fingerprint density at radius 1 is 1.07 bits per heavy atom. The number of amides is 1. The van der Waals surface area contributed by atoms with Gasteiger partial charge in [0.25, 0.3) is 5.91 Å². The molecule has 2 aromatic rings. The van der Waals surface area contributed by atoms with E-state index in [1.165, 1.54) is 6.07 Å². The number of fused-ring (bicyclic) bond motifs is 1. The predicted octanol–water partition coefficient (Wildman–Crippen LogP) is 2.67. The Balaban J connectivity index is 1.93. The largest absolute Gasteiger partial charge is 0.482 e. The van der Waals surface area contributed by atoms with Crippen LogP contribution in [0.25, 0.3) is 11.0 Å². The molecule has 0 saturated carbocycles. The summed E-state index contributed by atoms with van der Waals surface area (Å²) >= 11 is 0. The van der Waals surface area contributed by atoms with Gasteiger partial charge in [0.1, 0.15) is 11.3 Å². The van der Waals surface area contributed by atoms with Crippen LogP contribution in [0.15, 0.2) is 33.5 Å². The summed E-state index contributed by atoms with van der Waals surface area (Å²) in [6.45, 7) is 8.75. The number of carbonyl (C=O) groups is 2. The molecule has 1 amide bonds. The van der Waals surface area contributed by atoms with Gasteiger partial charge >= 0.3 is 11.6 Å². The summed E-state index contributed by atoms with van der Waals surface area (Å²) in [4.78, 5) is 37.2. The van der Waals surface area contributed by atoms with E-state index in [0.29, 0.717) is 11.3 Å². The van der Waals surface area contributed by atoms with Crippen LogP contribution in [-0.2, 0) is 14.3 Å². The van der Waals surface area contributed by atoms with E-state index >= 15 is 0 Å². The number of hydrogen-bond acceptors (Lipinski definition) is 6. The second-order valence-corrected chi connectivity index (χ2v) is 6.84. The summed E-state index contributed by atoms with van der Waals surface area (Å²) in [5.41, 5.74) is 0.728. The van der Waals surface area contributed by atoms with Crippen LogP contribution in [0.2, 0.25) is 0 Å². The van der Waals surface area contributed by atoms with Gasteiger partial charge in [-0.05, 0) is 52.3 Å². The second kappa shape index (κ2) is 8.70. The SMILES string of the molecule is Cc1cc(=O)oc2cc(OCC(=O)OCC(=O)N(C(C)C)C(C)C)ccc12. The summed E-state index contributed by atoms with van der Waals surface area (Å²) in [6.07, 6.45) is 0. The highest BCUT2D eigenvalue weighted by atomic mass is 16.6. The van der Waals surface area contributed by atoms with Crippen molar-refractivity contribution >= 4 is 22.8 Å². The van der Waals surface area contributed by atoms with Gasteiger partial charge < -0.3 is 18.8 Å². The van der Waals surface area contributed by atoms with Crippen molar-refractivity contribution in [1.82, 2.24) is 4.90 Å². The molecule has 1 heterocycles. The number of ether oxygens (including phenoxy) is 2. The zero-order chi connectivity index (χ0) is 20.1. The molecule has 7 nitrogen and oxygen atoms in total. The van der Waals surface area contributed by atoms with Gasteiger partial charge in [0.05, 0.1) is 0 Å². The number of benzene rings is 1. The van der Waals surface area contributed by atoms with Gasteiger partial charge in [-0.1, -0.05) is 0 Å². The van der Waals surface area contributed by atoms with Crippen LogP contribution in [0.3, 0.4) is 0 Å². The summed E-state index contributed by atoms with van der Waals surface area (Å²) in [5.74, 6) is -0.538. The molecule has 2 rings (SSSR count). The maximum atomic E-state index is 12.2. The minimum absolute atomic E-state index is 0.0168. The van der Waals surface area contributed by atoms with E-state index < -0.39 is 11.6 Å². The zero-order valence-corrected chi connectivity index (χ0v) is 16.3. The highest BCUT2D eigenvalue weighted by molar-refractivity contribution is 5.82. The first-order chi connectivity index (χ1) is 12.7. The van der Waals surface area contributed by atoms with E-state index in [4.69, 9.17) is 13.9 Å². The molecule has 0 N–H and O–H groups in total. The van der Waals surface area contributed by atoms with Crippen molar-refractivity contribution in [3.63, 3.8) is 0 Å². The number of hydrogen-bond donors (Lipinski definition) is 0. The molecule has 1 aromatic carbocycles. The summed E-state index contributed by atoms with van der Waals surface area (Å²) < 4.78 is 15.5. The highest BCUT2D eigenvalue weighted by Gasteiger charge is 2.21. The van der Waals surface area contributed by atoms with E-state index in [9.17, 15) is 14.4 Å². The van der Waals surface area contributed by atoms with Crippen LogP contribution >= 0.6 is 0 Å². The van der Waals surface area contributed by atoms with Crippen molar-refractivity contribution in [1.29, 1.82) is 0 Å². The minimum Gasteiger partial charge on any atom is -0.482 e. The van der Waals surface area contributed by atoms with E-state index in [0.717, 1.165) is 10.9 Å². The number of nitrogens with zero attached hydrogens (tertiary/aromatic N) is 1. The summed E-state index contributed by atoms with van der Waals surface area (Å²) in [5, 5.41) is 0.789. The molecule has 0 radical (unpaired) electrons. The lowest BCUT2D eigenvalue weighted by Crippen LogP contribution is -2.44. The standard InChI is InChI=1S/C20H25NO6/c1-12(2)21(13(3)4)18(22)10-26-20(24)11-25-15-6-7-16-14(5)8-19(23)27-17(16)9-15/h6-9,12-13H,10-11H2,1-5H3. The molecular formula is C20H25NO6. The molecule has 0 bridgehead atoms. The molecule has 27 heavy (non-hydrogen) atoms. The van der Waals surface area contributed by atoms with Crippen LogP contribution < -0.4 is 10.4 Å². The molecule has 0 saturated heterocycles. The average Bonchev–Trinajstić information content (AvgIpc) is 2.57. The van der Waals surface area contributed by atoms with Crippen molar-refractivity contribution < 1.29 is 23.5 Å². The maximum absolute atomic E-state index is 12.2. The lowest BCUT2D eigenvalue weighted by molar-refractivity contribution is -0.155. The molecule has 0 unspecified atom stereocenters. The zero-order valence-electron chi connectivity index (χ0n) is 16.3. The van der Waals surface area contributed by atoms with Gasteiger partial charge in [-0.25, -0.2) is 9.59 Å². The minimum atomic E-state index is -0.651. The van der Waals surface area contributed by atoms with Crippen molar-refractivity contribution in [2.75, 3.05) is 13.2 Å². The third kappa shape index (κ3) is 5.32. The number of aryl methyl sites for hydroxylation is 1. The van der Waals surface area contributed by atoms with Gasteiger partial charge in [0.2, 0.25) is 0 Å². The number of esters is 1. The van der Waals surface area contributed by atoms with E-state index in [2.05, 4.69) is 0 Å². The molecule has 0 atom stereocenters. The van der Waals surface area contributed by atoms with Gasteiger partial charge in [0.15, 0.2) is 13.2 Å². The quantitative estimate of drug-likeness (QED) is 0.546. The Kier molecular flexibility index (Phi) is 6.60. The predicted molar refractivity (Wildman–Crippen MR) is 101 cm³/mol. The van der Waals surface area contributed by atoms with Crippen molar-refractivity contribution in [3.8, 4) is 5.75 Å². The number of rotatable bonds is 7. The molecule has 0 aliphatic heterocycles. The summed E-state index contributed by atoms with van der Waals surface area (Å²) in [6, 6.07) is 6.41. The highest BCUT2D eigenvalue weighted by Crippen LogP contribution is 2.22. The lowest BCUT2D eigenvalue weighted by Gasteiger charge is -2.30. The van der Waals surface area contributed by atoms with Crippen LogP contribution in [0.5, 0.6) is 5.75 Å². The third-order valence-electron chi connectivity index (χ3n) is 4.04. The molecule has 0 aliphatic rings. The fourth-order valence-corrected chi connectivity index (χ4v) is 2.97. The monoisotopic (exact) mass is 375 g/mol. The van der Waals surface area contributed by atoms with Crippen LogP contribution in [0.1, 0.15) is 33.3 Å². The topological polar surface area (TPSA) is 86.0 Å². The van der Waals surface area contributed by atoms with Crippen molar-refractivity contribution in [3.05, 3.63) is 40.2 Å². The van der Waals surface area contributed by atoms with Gasteiger partial charge in [0, 0.05) is 29.6 Å². The Labute approximate surface area is 157 Å². The molecule has 0 spiro atoms. The van der Waals surface area contributed by atoms with Crippen LogP contribution in [0.4, 0.5) is 0 Å². The van der Waals surface area contributed by atoms with Gasteiger partial charge in [-0.3, -0.25) is 4.79 Å². The Bertz CT molecular complexity index is 876. The molecule has 0 aliphatic carbocycles. The number of carbonyl (C=O) groups excluding carboxylic acids is 2. The normalized spacial score (nSPS) is 11.1. The molecule has 7 heteroatoms. The molecular weight excluding hydrogens is 350 g/mol. The Morgan fingerprint density at radius 3 is 2.37 bits per heavy atom.